The fourth-order valence-electron chi connectivity index (χ4n) is 2.09. The van der Waals surface area contributed by atoms with Crippen molar-refractivity contribution in [3.8, 4) is 0 Å². The number of fused-ring (bicyclic) bond motifs is 1. The van der Waals surface area contributed by atoms with Crippen molar-refractivity contribution in [3.63, 3.8) is 0 Å². The smallest absolute Gasteiger partial charge is 0.387 e. The first-order valence-corrected chi connectivity index (χ1v) is 7.99. The summed E-state index contributed by atoms with van der Waals surface area (Å²) in [4.78, 5) is 24.2. The Morgan fingerprint density at radius 2 is 2.29 bits per heavy atom. The number of aliphatic hydroxyl groups is 1. The van der Waals surface area contributed by atoms with Gasteiger partial charge in [0.2, 0.25) is 0 Å². The average molecular weight is 345 g/mol. The largest absolute Gasteiger partial charge is 1.00 e. The van der Waals surface area contributed by atoms with Crippen molar-refractivity contribution in [1.82, 2.24) is 4.98 Å². The number of hydrogen-bond donors (Lipinski definition) is 3. The second-order valence-electron chi connectivity index (χ2n) is 4.36. The van der Waals surface area contributed by atoms with Crippen LogP contribution >= 0.6 is 19.2 Å². The molecule has 2 saturated heterocycles. The number of carbonyl (C=O) groups excluding carboxylic acids is 1. The predicted octanol–water partition coefficient (Wildman–Crippen LogP) is -3.44. The van der Waals surface area contributed by atoms with E-state index in [4.69, 9.17) is 15.0 Å². The number of aromatic nitrogens is 1. The van der Waals surface area contributed by atoms with E-state index in [0.717, 1.165) is 11.3 Å². The normalized spacial score (nSPS) is 38.6. The molecule has 110 valence electrons. The zero-order valence-electron chi connectivity index (χ0n) is 10.9. The van der Waals surface area contributed by atoms with Crippen LogP contribution in [-0.4, -0.2) is 45.8 Å². The van der Waals surface area contributed by atoms with Crippen LogP contribution in [0.1, 0.15) is 21.6 Å². The third-order valence-electron chi connectivity index (χ3n) is 3.01. The van der Waals surface area contributed by atoms with Crippen LogP contribution in [0.5, 0.6) is 0 Å². The Hall–Kier alpha value is 0.130. The molecular formula is C9H11N2NaO7PS+. The monoisotopic (exact) mass is 345 g/mol. The Kier molecular flexibility index (Phi) is 5.27. The van der Waals surface area contributed by atoms with Crippen molar-refractivity contribution in [2.45, 2.75) is 24.4 Å². The van der Waals surface area contributed by atoms with Gasteiger partial charge in [0.1, 0.15) is 35.1 Å². The summed E-state index contributed by atoms with van der Waals surface area (Å²) in [6.45, 7) is -0.167. The molecule has 1 aromatic rings. The molecule has 0 saturated carbocycles. The van der Waals surface area contributed by atoms with E-state index in [0.29, 0.717) is 5.01 Å². The van der Waals surface area contributed by atoms with E-state index in [-0.39, 0.29) is 41.9 Å². The van der Waals surface area contributed by atoms with Crippen LogP contribution in [0.2, 0.25) is 0 Å². The Bertz CT molecular complexity index is 598. The number of amides is 1. The van der Waals surface area contributed by atoms with E-state index in [2.05, 4.69) is 9.51 Å². The van der Waals surface area contributed by atoms with Crippen molar-refractivity contribution in [1.29, 1.82) is 0 Å². The summed E-state index contributed by atoms with van der Waals surface area (Å²) in [6, 6.07) is 0. The molecular weight excluding hydrogens is 334 g/mol. The van der Waals surface area contributed by atoms with Crippen LogP contribution in [0.15, 0.2) is 5.38 Å². The predicted molar refractivity (Wildman–Crippen MR) is 64.9 cm³/mol. The molecule has 0 bridgehead atoms. The maximum atomic E-state index is 11.3. The van der Waals surface area contributed by atoms with Gasteiger partial charge < -0.3 is 20.5 Å². The number of nitrogens with two attached hydrogens (primary N) is 1. The Morgan fingerprint density at radius 3 is 2.90 bits per heavy atom. The van der Waals surface area contributed by atoms with E-state index in [1.807, 2.05) is 0 Å². The van der Waals surface area contributed by atoms with Crippen LogP contribution in [0.25, 0.3) is 0 Å². The van der Waals surface area contributed by atoms with Crippen molar-refractivity contribution in [2.75, 3.05) is 6.61 Å². The van der Waals surface area contributed by atoms with Crippen LogP contribution in [0.4, 0.5) is 0 Å². The Morgan fingerprint density at radius 1 is 1.57 bits per heavy atom. The van der Waals surface area contributed by atoms with E-state index in [1.165, 1.54) is 5.38 Å². The number of nitrogens with zero attached hydrogens (tertiary/aromatic N) is 1. The van der Waals surface area contributed by atoms with Crippen molar-refractivity contribution in [2.24, 2.45) is 5.73 Å². The first-order chi connectivity index (χ1) is 9.37. The van der Waals surface area contributed by atoms with Gasteiger partial charge >= 0.3 is 37.4 Å². The maximum Gasteiger partial charge on any atom is 1.00 e. The van der Waals surface area contributed by atoms with Crippen LogP contribution in [0.3, 0.4) is 0 Å². The molecule has 2 fully saturated rings. The zero-order chi connectivity index (χ0) is 14.5. The summed E-state index contributed by atoms with van der Waals surface area (Å²) >= 11 is 1.10. The summed E-state index contributed by atoms with van der Waals surface area (Å²) < 4.78 is 26.3. The van der Waals surface area contributed by atoms with Gasteiger partial charge in [0, 0.05) is 5.38 Å². The second kappa shape index (κ2) is 6.32. The molecule has 1 amide bonds. The number of aliphatic hydroxyl groups excluding tert-OH is 1. The van der Waals surface area contributed by atoms with E-state index >= 15 is 0 Å². The molecule has 0 aliphatic carbocycles. The molecule has 2 aliphatic heterocycles. The quantitative estimate of drug-likeness (QED) is 0.371. The minimum absolute atomic E-state index is 0. The molecule has 21 heavy (non-hydrogen) atoms. The van der Waals surface area contributed by atoms with Gasteiger partial charge in [-0.3, -0.25) is 13.8 Å². The summed E-state index contributed by atoms with van der Waals surface area (Å²) in [5.74, 6) is -0.683. The van der Waals surface area contributed by atoms with Gasteiger partial charge in [0.15, 0.2) is 0 Å². The molecule has 5 atom stereocenters. The first-order valence-electron chi connectivity index (χ1n) is 5.62. The van der Waals surface area contributed by atoms with Gasteiger partial charge in [-0.05, 0) is 0 Å². The fourth-order valence-corrected chi connectivity index (χ4v) is 3.94. The number of phosphoric acid groups is 1. The molecule has 1 aromatic heterocycles. The van der Waals surface area contributed by atoms with E-state index in [1.54, 1.807) is 0 Å². The number of carbonyl (C=O) groups is 1. The molecule has 0 aromatic carbocycles. The van der Waals surface area contributed by atoms with Crippen LogP contribution in [0, 0.1) is 0 Å². The average Bonchev–Trinajstić information content (AvgIpc) is 2.95. The minimum Gasteiger partial charge on any atom is -0.387 e. The molecule has 4 N–H and O–H groups in total. The molecule has 3 rings (SSSR count). The van der Waals surface area contributed by atoms with Crippen molar-refractivity contribution < 1.29 is 62.7 Å². The second-order valence-corrected chi connectivity index (χ2v) is 6.65. The third kappa shape index (κ3) is 3.40. The maximum absolute atomic E-state index is 11.3. The van der Waals surface area contributed by atoms with Crippen molar-refractivity contribution >= 4 is 25.1 Å². The molecule has 3 heterocycles. The summed E-state index contributed by atoms with van der Waals surface area (Å²) in [5.41, 5.74) is 5.17. The van der Waals surface area contributed by atoms with Gasteiger partial charge in [-0.15, -0.1) is 11.3 Å². The SMILES string of the molecule is NC(=O)c1csc(C2OC3COP(=O)(O)OC3C2O)n1.[Na+]. The van der Waals surface area contributed by atoms with E-state index < -0.39 is 38.1 Å². The Labute approximate surface area is 145 Å². The number of rotatable bonds is 2. The van der Waals surface area contributed by atoms with Crippen LogP contribution < -0.4 is 35.3 Å². The van der Waals surface area contributed by atoms with E-state index in [9.17, 15) is 19.4 Å². The molecule has 2 aliphatic rings. The van der Waals surface area contributed by atoms with Gasteiger partial charge in [-0.1, -0.05) is 0 Å². The molecule has 0 radical (unpaired) electrons. The molecule has 5 unspecified atom stereocenters. The van der Waals surface area contributed by atoms with Crippen LogP contribution in [-0.2, 0) is 18.3 Å². The number of hydrogen-bond acceptors (Lipinski definition) is 8. The van der Waals surface area contributed by atoms with Gasteiger partial charge in [0.25, 0.3) is 5.91 Å². The van der Waals surface area contributed by atoms with Gasteiger partial charge in [0.05, 0.1) is 6.61 Å². The molecule has 0 spiro atoms. The number of phosphoric ester groups is 1. The number of primary amides is 1. The molecule has 12 heteroatoms. The topological polar surface area (TPSA) is 141 Å². The number of ether oxygens (including phenoxy) is 1. The molecule has 9 nitrogen and oxygen atoms in total. The standard InChI is InChI=1S/C9H11N2O7PS.Na/c10-8(13)3-2-20-9(11-3)7-5(12)6-4(17-7)1-16-19(14,15)18-6;/h2,4-7,12H,1H2,(H2,10,13)(H,14,15);/q;+1. The third-order valence-corrected chi connectivity index (χ3v) is 4.90. The zero-order valence-corrected chi connectivity index (χ0v) is 14.6. The van der Waals surface area contributed by atoms with Crippen molar-refractivity contribution in [3.05, 3.63) is 16.1 Å². The van der Waals surface area contributed by atoms with Gasteiger partial charge in [-0.25, -0.2) is 9.55 Å². The fraction of sp³-hybridized carbons (Fsp3) is 0.556. The summed E-state index contributed by atoms with van der Waals surface area (Å²) in [6.07, 6.45) is -3.70. The number of thiazole rings is 1. The first kappa shape index (κ1) is 17.5. The minimum atomic E-state index is -4.15. The Balaban J connectivity index is 0.00000161. The van der Waals surface area contributed by atoms with Gasteiger partial charge in [-0.2, -0.15) is 0 Å². The summed E-state index contributed by atoms with van der Waals surface area (Å²) in [7, 11) is -4.15. The summed E-state index contributed by atoms with van der Waals surface area (Å²) in [5, 5.41) is 11.9.